The lowest BCUT2D eigenvalue weighted by atomic mass is 10.2. The Hall–Kier alpha value is -1.11. The first-order valence-electron chi connectivity index (χ1n) is 6.30. The van der Waals surface area contributed by atoms with E-state index in [2.05, 4.69) is 5.32 Å². The molecule has 0 saturated carbocycles. The number of hydrogen-bond acceptors (Lipinski definition) is 3. The van der Waals surface area contributed by atoms with Gasteiger partial charge in [-0.15, -0.1) is 0 Å². The highest BCUT2D eigenvalue weighted by atomic mass is 35.5. The number of nitrogens with one attached hydrogen (secondary N) is 1. The van der Waals surface area contributed by atoms with Crippen molar-refractivity contribution < 1.29 is 13.6 Å². The van der Waals surface area contributed by atoms with Crippen LogP contribution in [0.1, 0.15) is 12.8 Å². The first-order chi connectivity index (χ1) is 9.79. The third-order valence-corrected chi connectivity index (χ3v) is 3.32. The Balaban J connectivity index is 2.44. The van der Waals surface area contributed by atoms with Gasteiger partial charge in [-0.25, -0.2) is 8.78 Å². The molecule has 0 aliphatic carbocycles. The number of hydrogen-bond donors (Lipinski definition) is 2. The molecule has 21 heavy (non-hydrogen) atoms. The summed E-state index contributed by atoms with van der Waals surface area (Å²) in [6.45, 7) is 0.0954. The highest BCUT2D eigenvalue weighted by molar-refractivity contribution is 6.40. The summed E-state index contributed by atoms with van der Waals surface area (Å²) < 4.78 is 24.2. The van der Waals surface area contributed by atoms with E-state index in [1.54, 1.807) is 7.05 Å². The summed E-state index contributed by atoms with van der Waals surface area (Å²) in [7, 11) is 1.58. The highest BCUT2D eigenvalue weighted by Gasteiger charge is 2.12. The van der Waals surface area contributed by atoms with Crippen molar-refractivity contribution in [1.29, 1.82) is 0 Å². The topological polar surface area (TPSA) is 58.4 Å². The van der Waals surface area contributed by atoms with E-state index in [-0.39, 0.29) is 28.9 Å². The van der Waals surface area contributed by atoms with Crippen LogP contribution in [0.2, 0.25) is 10.0 Å². The van der Waals surface area contributed by atoms with Gasteiger partial charge in [0.2, 0.25) is 5.91 Å². The van der Waals surface area contributed by atoms with E-state index in [0.717, 1.165) is 0 Å². The second-order valence-corrected chi connectivity index (χ2v) is 5.48. The molecule has 0 spiro atoms. The Morgan fingerprint density at radius 2 is 1.95 bits per heavy atom. The standard InChI is InChI=1S/C13H17Cl2F2N3O/c1-20(7-11(16)17)4-2-3-12(21)19-13-9(14)5-8(18)6-10(13)15/h5-6,11H,2-4,7,18H2,1H3,(H,19,21). The quantitative estimate of drug-likeness (QED) is 0.747. The van der Waals surface area contributed by atoms with Gasteiger partial charge >= 0.3 is 0 Å². The molecule has 0 fully saturated rings. The minimum Gasteiger partial charge on any atom is -0.399 e. The van der Waals surface area contributed by atoms with Crippen molar-refractivity contribution in [1.82, 2.24) is 4.90 Å². The highest BCUT2D eigenvalue weighted by Crippen LogP contribution is 2.32. The minimum absolute atomic E-state index is 0.185. The minimum atomic E-state index is -2.38. The molecule has 0 heterocycles. The van der Waals surface area contributed by atoms with Crippen molar-refractivity contribution in [3.05, 3.63) is 22.2 Å². The van der Waals surface area contributed by atoms with E-state index in [9.17, 15) is 13.6 Å². The van der Waals surface area contributed by atoms with Crippen molar-refractivity contribution in [3.8, 4) is 0 Å². The Kier molecular flexibility index (Phi) is 7.14. The molecule has 8 heteroatoms. The van der Waals surface area contributed by atoms with Crippen LogP contribution in [-0.4, -0.2) is 37.4 Å². The predicted molar refractivity (Wildman–Crippen MR) is 82.2 cm³/mol. The largest absolute Gasteiger partial charge is 0.399 e. The van der Waals surface area contributed by atoms with Crippen molar-refractivity contribution in [2.45, 2.75) is 19.3 Å². The summed E-state index contributed by atoms with van der Waals surface area (Å²) in [5.74, 6) is -0.283. The van der Waals surface area contributed by atoms with Crippen LogP contribution in [0, 0.1) is 0 Å². The zero-order chi connectivity index (χ0) is 16.0. The molecule has 0 aromatic heterocycles. The molecule has 1 aromatic carbocycles. The van der Waals surface area contributed by atoms with Crippen LogP contribution >= 0.6 is 23.2 Å². The van der Waals surface area contributed by atoms with Gasteiger partial charge < -0.3 is 16.0 Å². The molecule has 118 valence electrons. The number of carbonyl (C=O) groups excluding carboxylic acids is 1. The van der Waals surface area contributed by atoms with Crippen molar-refractivity contribution in [3.63, 3.8) is 0 Å². The first kappa shape index (κ1) is 17.9. The molecule has 0 aliphatic heterocycles. The number of nitrogens with two attached hydrogens (primary N) is 1. The van der Waals surface area contributed by atoms with Crippen LogP contribution in [0.5, 0.6) is 0 Å². The van der Waals surface area contributed by atoms with Gasteiger partial charge in [0.1, 0.15) is 0 Å². The third-order valence-electron chi connectivity index (χ3n) is 2.72. The van der Waals surface area contributed by atoms with Crippen LogP contribution < -0.4 is 11.1 Å². The molecule has 4 nitrogen and oxygen atoms in total. The van der Waals surface area contributed by atoms with E-state index in [1.807, 2.05) is 0 Å². The fourth-order valence-electron chi connectivity index (χ4n) is 1.75. The van der Waals surface area contributed by atoms with Gasteiger partial charge in [-0.05, 0) is 32.1 Å². The lowest BCUT2D eigenvalue weighted by Crippen LogP contribution is -2.26. The first-order valence-corrected chi connectivity index (χ1v) is 7.06. The second kappa shape index (κ2) is 8.36. The van der Waals surface area contributed by atoms with E-state index >= 15 is 0 Å². The maximum Gasteiger partial charge on any atom is 0.251 e. The molecule has 1 aromatic rings. The molecule has 0 atom stereocenters. The number of anilines is 2. The maximum atomic E-state index is 12.1. The summed E-state index contributed by atoms with van der Waals surface area (Å²) >= 11 is 11.9. The van der Waals surface area contributed by atoms with E-state index in [1.165, 1.54) is 17.0 Å². The van der Waals surface area contributed by atoms with E-state index < -0.39 is 6.43 Å². The van der Waals surface area contributed by atoms with Gasteiger partial charge in [0.05, 0.1) is 22.3 Å². The Morgan fingerprint density at radius 3 is 2.48 bits per heavy atom. The number of alkyl halides is 2. The van der Waals surface area contributed by atoms with Gasteiger partial charge in [-0.3, -0.25) is 4.79 Å². The summed E-state index contributed by atoms with van der Waals surface area (Å²) in [5.41, 5.74) is 6.27. The summed E-state index contributed by atoms with van der Waals surface area (Å²) in [6, 6.07) is 2.97. The Labute approximate surface area is 132 Å². The van der Waals surface area contributed by atoms with E-state index in [0.29, 0.717) is 24.3 Å². The monoisotopic (exact) mass is 339 g/mol. The van der Waals surface area contributed by atoms with Gasteiger partial charge in [0.25, 0.3) is 6.43 Å². The van der Waals surface area contributed by atoms with Crippen LogP contribution in [0.15, 0.2) is 12.1 Å². The molecule has 0 aliphatic rings. The van der Waals surface area contributed by atoms with Crippen molar-refractivity contribution >= 4 is 40.5 Å². The smallest absolute Gasteiger partial charge is 0.251 e. The summed E-state index contributed by atoms with van der Waals surface area (Å²) in [4.78, 5) is 13.3. The van der Waals surface area contributed by atoms with Crippen molar-refractivity contribution in [2.24, 2.45) is 0 Å². The lowest BCUT2D eigenvalue weighted by Gasteiger charge is -2.15. The van der Waals surface area contributed by atoms with Crippen LogP contribution in [0.3, 0.4) is 0 Å². The molecule has 0 bridgehead atoms. The predicted octanol–water partition coefficient (Wildman–Crippen LogP) is 3.49. The lowest BCUT2D eigenvalue weighted by molar-refractivity contribution is -0.116. The number of rotatable bonds is 7. The van der Waals surface area contributed by atoms with Gasteiger partial charge in [-0.1, -0.05) is 23.2 Å². The Morgan fingerprint density at radius 1 is 1.38 bits per heavy atom. The van der Waals surface area contributed by atoms with Crippen LogP contribution in [0.4, 0.5) is 20.2 Å². The molecule has 0 unspecified atom stereocenters. The summed E-state index contributed by atoms with van der Waals surface area (Å²) in [5, 5.41) is 3.10. The molecule has 0 radical (unpaired) electrons. The number of carbonyl (C=O) groups is 1. The zero-order valence-electron chi connectivity index (χ0n) is 11.5. The molecule has 0 saturated heterocycles. The van der Waals surface area contributed by atoms with Crippen molar-refractivity contribution in [2.75, 3.05) is 31.2 Å². The zero-order valence-corrected chi connectivity index (χ0v) is 13.0. The SMILES string of the molecule is CN(CCCC(=O)Nc1c(Cl)cc(N)cc1Cl)CC(F)F. The Bertz CT molecular complexity index is 477. The van der Waals surface area contributed by atoms with Gasteiger partial charge in [-0.2, -0.15) is 0 Å². The number of halogens is 4. The number of amides is 1. The van der Waals surface area contributed by atoms with Crippen LogP contribution in [0.25, 0.3) is 0 Å². The average molecular weight is 340 g/mol. The molecule has 1 rings (SSSR count). The number of nitrogens with zero attached hydrogens (tertiary/aromatic N) is 1. The maximum absolute atomic E-state index is 12.1. The van der Waals surface area contributed by atoms with Gasteiger partial charge in [0, 0.05) is 12.1 Å². The fourth-order valence-corrected chi connectivity index (χ4v) is 2.35. The fraction of sp³-hybridized carbons (Fsp3) is 0.462. The normalized spacial score (nSPS) is 11.2. The third kappa shape index (κ3) is 6.46. The van der Waals surface area contributed by atoms with Crippen LogP contribution in [-0.2, 0) is 4.79 Å². The molecular formula is C13H17Cl2F2N3O. The van der Waals surface area contributed by atoms with E-state index in [4.69, 9.17) is 28.9 Å². The molecule has 1 amide bonds. The second-order valence-electron chi connectivity index (χ2n) is 4.66. The van der Waals surface area contributed by atoms with Gasteiger partial charge in [0.15, 0.2) is 0 Å². The average Bonchev–Trinajstić information content (AvgIpc) is 2.32. The molecular weight excluding hydrogens is 323 g/mol. The molecule has 3 N–H and O–H groups in total. The summed E-state index contributed by atoms with van der Waals surface area (Å²) in [6.07, 6.45) is -1.74. The number of benzene rings is 1. The number of nitrogen functional groups attached to an aromatic ring is 1.